The van der Waals surface area contributed by atoms with E-state index in [1.165, 1.54) is 6.20 Å². The molecule has 4 nitrogen and oxygen atoms in total. The van der Waals surface area contributed by atoms with Crippen LogP contribution in [0.4, 0.5) is 5.69 Å². The molecular weight excluding hydrogens is 316 g/mol. The van der Waals surface area contributed by atoms with Crippen LogP contribution in [0.1, 0.15) is 13.8 Å². The molecule has 1 rings (SSSR count). The predicted molar refractivity (Wildman–Crippen MR) is 69.2 cm³/mol. The smallest absolute Gasteiger partial charge is 0.233 e. The Morgan fingerprint density at radius 2 is 2.19 bits per heavy atom. The fourth-order valence-electron chi connectivity index (χ4n) is 1.14. The summed E-state index contributed by atoms with van der Waals surface area (Å²) >= 11 is 8.98. The molecular formula is C9H12BrClN2O2S. The molecule has 0 amide bonds. The summed E-state index contributed by atoms with van der Waals surface area (Å²) in [6.07, 6.45) is 1.50. The minimum Gasteiger partial charge on any atom is -0.280 e. The zero-order valence-electron chi connectivity index (χ0n) is 8.87. The zero-order valence-corrected chi connectivity index (χ0v) is 12.0. The molecule has 0 aliphatic rings. The van der Waals surface area contributed by atoms with Gasteiger partial charge in [-0.25, -0.2) is 13.4 Å². The van der Waals surface area contributed by atoms with Gasteiger partial charge < -0.3 is 0 Å². The minimum absolute atomic E-state index is 0.0514. The van der Waals surface area contributed by atoms with Crippen LogP contribution in [0.15, 0.2) is 16.7 Å². The van der Waals surface area contributed by atoms with E-state index in [2.05, 4.69) is 25.6 Å². The summed E-state index contributed by atoms with van der Waals surface area (Å²) in [5.41, 5.74) is 0.289. The van der Waals surface area contributed by atoms with E-state index in [9.17, 15) is 8.42 Å². The average Bonchev–Trinajstić information content (AvgIpc) is 2.08. The molecule has 0 spiro atoms. The van der Waals surface area contributed by atoms with Crippen molar-refractivity contribution in [3.63, 3.8) is 0 Å². The van der Waals surface area contributed by atoms with E-state index in [0.717, 1.165) is 0 Å². The van der Waals surface area contributed by atoms with Crippen LogP contribution < -0.4 is 4.72 Å². The molecule has 16 heavy (non-hydrogen) atoms. The van der Waals surface area contributed by atoms with Gasteiger partial charge in [0.05, 0.1) is 11.4 Å². The first-order valence-electron chi connectivity index (χ1n) is 4.61. The number of anilines is 1. The Morgan fingerprint density at radius 3 is 2.75 bits per heavy atom. The highest BCUT2D eigenvalue weighted by Gasteiger charge is 2.15. The van der Waals surface area contributed by atoms with E-state index in [1.54, 1.807) is 6.07 Å². The van der Waals surface area contributed by atoms with Gasteiger partial charge >= 0.3 is 0 Å². The van der Waals surface area contributed by atoms with Gasteiger partial charge in [0.2, 0.25) is 10.0 Å². The number of pyridine rings is 1. The monoisotopic (exact) mass is 326 g/mol. The normalized spacial score (nSPS) is 11.8. The third kappa shape index (κ3) is 4.27. The maximum atomic E-state index is 11.7. The van der Waals surface area contributed by atoms with E-state index < -0.39 is 10.0 Å². The van der Waals surface area contributed by atoms with E-state index in [1.807, 2.05) is 13.8 Å². The number of sulfonamides is 1. The lowest BCUT2D eigenvalue weighted by Crippen LogP contribution is -2.20. The van der Waals surface area contributed by atoms with Gasteiger partial charge in [-0.05, 0) is 27.9 Å². The lowest BCUT2D eigenvalue weighted by atomic mass is 10.3. The Bertz CT molecular complexity index is 476. The van der Waals surface area contributed by atoms with Crippen molar-refractivity contribution in [2.45, 2.75) is 13.8 Å². The van der Waals surface area contributed by atoms with Gasteiger partial charge in [0, 0.05) is 10.7 Å². The van der Waals surface area contributed by atoms with Crippen molar-refractivity contribution in [1.82, 2.24) is 4.98 Å². The highest BCUT2D eigenvalue weighted by molar-refractivity contribution is 9.10. The first-order valence-corrected chi connectivity index (χ1v) is 7.44. The van der Waals surface area contributed by atoms with Crippen molar-refractivity contribution >= 4 is 43.2 Å². The van der Waals surface area contributed by atoms with Crippen LogP contribution in [0, 0.1) is 5.92 Å². The summed E-state index contributed by atoms with van der Waals surface area (Å²) in [4.78, 5) is 3.83. The molecule has 0 aliphatic carbocycles. The average molecular weight is 328 g/mol. The van der Waals surface area contributed by atoms with Crippen LogP contribution in [-0.4, -0.2) is 19.2 Å². The zero-order chi connectivity index (χ0) is 12.3. The van der Waals surface area contributed by atoms with Crippen molar-refractivity contribution in [3.05, 3.63) is 21.9 Å². The van der Waals surface area contributed by atoms with E-state index in [4.69, 9.17) is 11.6 Å². The van der Waals surface area contributed by atoms with Gasteiger partial charge in [-0.2, -0.15) is 0 Å². The quantitative estimate of drug-likeness (QED) is 0.865. The van der Waals surface area contributed by atoms with Crippen molar-refractivity contribution in [3.8, 4) is 0 Å². The third-order valence-corrected chi connectivity index (χ3v) is 4.00. The van der Waals surface area contributed by atoms with E-state index in [0.29, 0.717) is 4.47 Å². The molecule has 0 unspecified atom stereocenters. The fourth-order valence-corrected chi connectivity index (χ4v) is 3.13. The molecule has 0 saturated heterocycles. The summed E-state index contributed by atoms with van der Waals surface area (Å²) in [5.74, 6) is 0.104. The van der Waals surface area contributed by atoms with Crippen LogP contribution in [0.2, 0.25) is 5.15 Å². The van der Waals surface area contributed by atoms with Crippen molar-refractivity contribution in [2.75, 3.05) is 10.5 Å². The van der Waals surface area contributed by atoms with Crippen molar-refractivity contribution in [2.24, 2.45) is 5.92 Å². The Labute approximate surface area is 109 Å². The van der Waals surface area contributed by atoms with E-state index in [-0.39, 0.29) is 22.5 Å². The molecule has 7 heteroatoms. The summed E-state index contributed by atoms with van der Waals surface area (Å²) in [7, 11) is -3.37. The van der Waals surface area contributed by atoms with Gasteiger partial charge in [0.15, 0.2) is 5.15 Å². The molecule has 1 heterocycles. The summed E-state index contributed by atoms with van der Waals surface area (Å²) in [6, 6.07) is 1.58. The second-order valence-corrected chi connectivity index (χ2v) is 6.81. The predicted octanol–water partition coefficient (Wildman–Crippen LogP) is 2.90. The molecule has 0 fully saturated rings. The maximum Gasteiger partial charge on any atom is 0.233 e. The first-order chi connectivity index (χ1) is 7.30. The molecule has 0 bridgehead atoms. The molecule has 0 aromatic carbocycles. The van der Waals surface area contributed by atoms with Crippen LogP contribution in [0.3, 0.4) is 0 Å². The lowest BCUT2D eigenvalue weighted by molar-refractivity contribution is 0.587. The molecule has 0 saturated carbocycles. The van der Waals surface area contributed by atoms with Crippen LogP contribution in [0.25, 0.3) is 0 Å². The van der Waals surface area contributed by atoms with Gasteiger partial charge in [0.25, 0.3) is 0 Å². The topological polar surface area (TPSA) is 59.1 Å². The number of halogens is 2. The number of hydrogen-bond donors (Lipinski definition) is 1. The molecule has 90 valence electrons. The minimum atomic E-state index is -3.37. The molecule has 0 aliphatic heterocycles. The van der Waals surface area contributed by atoms with Gasteiger partial charge in [0.1, 0.15) is 0 Å². The Morgan fingerprint density at radius 1 is 1.56 bits per heavy atom. The number of nitrogens with zero attached hydrogens (tertiary/aromatic N) is 1. The van der Waals surface area contributed by atoms with Gasteiger partial charge in [-0.3, -0.25) is 4.72 Å². The van der Waals surface area contributed by atoms with E-state index >= 15 is 0 Å². The Kier molecular flexibility index (Phi) is 4.58. The maximum absolute atomic E-state index is 11.7. The standard InChI is InChI=1S/C9H12BrClN2O2S/c1-6(2)5-16(14,15)13-8-3-7(10)4-12-9(8)11/h3-4,6,13H,5H2,1-2H3. The van der Waals surface area contributed by atoms with Crippen LogP contribution in [-0.2, 0) is 10.0 Å². The highest BCUT2D eigenvalue weighted by Crippen LogP contribution is 2.24. The molecule has 0 atom stereocenters. The van der Waals surface area contributed by atoms with Crippen LogP contribution in [0.5, 0.6) is 0 Å². The lowest BCUT2D eigenvalue weighted by Gasteiger charge is -2.10. The molecule has 1 aromatic heterocycles. The summed E-state index contributed by atoms with van der Waals surface area (Å²) in [5, 5.41) is 0.135. The summed E-state index contributed by atoms with van der Waals surface area (Å²) in [6.45, 7) is 3.67. The van der Waals surface area contributed by atoms with Gasteiger partial charge in [-0.15, -0.1) is 0 Å². The molecule has 1 N–H and O–H groups in total. The second-order valence-electron chi connectivity index (χ2n) is 3.77. The molecule has 1 aromatic rings. The Balaban J connectivity index is 2.92. The largest absolute Gasteiger partial charge is 0.280 e. The number of aromatic nitrogens is 1. The van der Waals surface area contributed by atoms with Gasteiger partial charge in [-0.1, -0.05) is 25.4 Å². The Hall–Kier alpha value is -0.330. The third-order valence-electron chi connectivity index (χ3n) is 1.62. The highest BCUT2D eigenvalue weighted by atomic mass is 79.9. The van der Waals surface area contributed by atoms with Crippen molar-refractivity contribution < 1.29 is 8.42 Å². The SMILES string of the molecule is CC(C)CS(=O)(=O)Nc1cc(Br)cnc1Cl. The number of nitrogens with one attached hydrogen (secondary N) is 1. The van der Waals surface area contributed by atoms with Crippen molar-refractivity contribution in [1.29, 1.82) is 0 Å². The van der Waals surface area contributed by atoms with Crippen LogP contribution >= 0.6 is 27.5 Å². The second kappa shape index (κ2) is 5.33. The number of rotatable bonds is 4. The fraction of sp³-hybridized carbons (Fsp3) is 0.444. The first kappa shape index (κ1) is 13.7. The number of hydrogen-bond acceptors (Lipinski definition) is 3. The summed E-state index contributed by atoms with van der Waals surface area (Å²) < 4.78 is 26.4. The molecule has 0 radical (unpaired) electrons.